The van der Waals surface area contributed by atoms with Crippen molar-refractivity contribution in [2.24, 2.45) is 5.73 Å². The zero-order valence-corrected chi connectivity index (χ0v) is 19.3. The summed E-state index contributed by atoms with van der Waals surface area (Å²) in [4.78, 5) is 20.3. The second-order valence-electron chi connectivity index (χ2n) is 9.44. The first-order valence-electron chi connectivity index (χ1n) is 10.9. The zero-order chi connectivity index (χ0) is 23.0. The minimum Gasteiger partial charge on any atom is -0.504 e. The Labute approximate surface area is 188 Å². The molecule has 0 aliphatic carbocycles. The third kappa shape index (κ3) is 4.65. The molecule has 8 heteroatoms. The van der Waals surface area contributed by atoms with Gasteiger partial charge in [-0.15, -0.1) is 0 Å². The topological polar surface area (TPSA) is 113 Å². The van der Waals surface area contributed by atoms with E-state index in [1.54, 1.807) is 19.2 Å². The van der Waals surface area contributed by atoms with E-state index in [4.69, 9.17) is 10.7 Å². The van der Waals surface area contributed by atoms with Gasteiger partial charge in [0.25, 0.3) is 0 Å². The molecule has 1 aliphatic heterocycles. The lowest BCUT2D eigenvalue weighted by molar-refractivity contribution is 0.373. The molecule has 1 unspecified atom stereocenters. The van der Waals surface area contributed by atoms with E-state index in [1.165, 1.54) is 0 Å². The van der Waals surface area contributed by atoms with Gasteiger partial charge in [0.2, 0.25) is 0 Å². The fraction of sp³-hybridized carbons (Fsp3) is 0.417. The van der Waals surface area contributed by atoms with Crippen molar-refractivity contribution < 1.29 is 5.11 Å². The zero-order valence-electron chi connectivity index (χ0n) is 19.3. The molecule has 1 fully saturated rings. The predicted molar refractivity (Wildman–Crippen MR) is 128 cm³/mol. The first kappa shape index (κ1) is 22.0. The minimum absolute atomic E-state index is 0.0967. The normalized spacial score (nSPS) is 17.7. The summed E-state index contributed by atoms with van der Waals surface area (Å²) in [7, 11) is 0. The van der Waals surface area contributed by atoms with Crippen molar-refractivity contribution in [3.05, 3.63) is 53.2 Å². The van der Waals surface area contributed by atoms with E-state index in [-0.39, 0.29) is 17.0 Å². The third-order valence-electron chi connectivity index (χ3n) is 5.50. The fourth-order valence-corrected chi connectivity index (χ4v) is 4.10. The molecule has 3 aromatic heterocycles. The summed E-state index contributed by atoms with van der Waals surface area (Å²) < 4.78 is 0. The number of aliphatic hydroxyl groups excluding tert-OH is 1. The molecule has 1 saturated heterocycles. The molecule has 0 saturated carbocycles. The Hall–Kier alpha value is -3.26. The molecule has 0 aromatic carbocycles. The van der Waals surface area contributed by atoms with Crippen molar-refractivity contribution in [1.82, 2.24) is 25.3 Å². The van der Waals surface area contributed by atoms with Gasteiger partial charge < -0.3 is 21.1 Å². The highest BCUT2D eigenvalue weighted by Crippen LogP contribution is 2.25. The van der Waals surface area contributed by atoms with Crippen molar-refractivity contribution in [1.29, 1.82) is 0 Å². The molecule has 168 valence electrons. The lowest BCUT2D eigenvalue weighted by Crippen LogP contribution is -2.44. The average Bonchev–Trinajstić information content (AvgIpc) is 3.18. The number of rotatable bonds is 4. The van der Waals surface area contributed by atoms with E-state index in [0.29, 0.717) is 23.1 Å². The van der Waals surface area contributed by atoms with Crippen molar-refractivity contribution in [2.45, 2.75) is 52.6 Å². The molecule has 0 amide bonds. The van der Waals surface area contributed by atoms with Gasteiger partial charge in [-0.25, -0.2) is 15.0 Å². The summed E-state index contributed by atoms with van der Waals surface area (Å²) in [5.74, 6) is 0.822. The van der Waals surface area contributed by atoms with Crippen LogP contribution in [0.4, 0.5) is 5.82 Å². The van der Waals surface area contributed by atoms with Gasteiger partial charge in [0.15, 0.2) is 5.76 Å². The molecule has 4 heterocycles. The second kappa shape index (κ2) is 8.35. The monoisotopic (exact) mass is 433 g/mol. The maximum absolute atomic E-state index is 10.7. The highest BCUT2D eigenvalue weighted by atomic mass is 16.3. The molecule has 1 atom stereocenters. The summed E-state index contributed by atoms with van der Waals surface area (Å²) in [5.41, 5.74) is 10.2. The van der Waals surface area contributed by atoms with E-state index in [9.17, 15) is 5.11 Å². The van der Waals surface area contributed by atoms with Gasteiger partial charge in [0.1, 0.15) is 17.2 Å². The van der Waals surface area contributed by atoms with E-state index in [1.807, 2.05) is 25.1 Å². The van der Waals surface area contributed by atoms with Crippen molar-refractivity contribution in [3.63, 3.8) is 0 Å². The molecule has 0 bridgehead atoms. The Morgan fingerprint density at radius 3 is 2.53 bits per heavy atom. The van der Waals surface area contributed by atoms with Gasteiger partial charge in [0, 0.05) is 30.9 Å². The molecule has 0 spiro atoms. The van der Waals surface area contributed by atoms with Crippen LogP contribution in [0.2, 0.25) is 0 Å². The van der Waals surface area contributed by atoms with Crippen LogP contribution in [0.25, 0.3) is 22.5 Å². The third-order valence-corrected chi connectivity index (χ3v) is 5.50. The molecule has 0 radical (unpaired) electrons. The molecular weight excluding hydrogens is 402 g/mol. The molecule has 4 rings (SSSR count). The first-order valence-corrected chi connectivity index (χ1v) is 10.9. The number of aromatic nitrogens is 4. The van der Waals surface area contributed by atoms with Gasteiger partial charge in [0.05, 0.1) is 28.1 Å². The highest BCUT2D eigenvalue weighted by molar-refractivity contribution is 5.86. The summed E-state index contributed by atoms with van der Waals surface area (Å²) in [6.07, 6.45) is 2.70. The van der Waals surface area contributed by atoms with Crippen LogP contribution >= 0.6 is 0 Å². The lowest BCUT2D eigenvalue weighted by Gasteiger charge is -2.26. The number of anilines is 1. The summed E-state index contributed by atoms with van der Waals surface area (Å²) in [6, 6.07) is 8.06. The first-order chi connectivity index (χ1) is 15.1. The lowest BCUT2D eigenvalue weighted by atomic mass is 10.1. The van der Waals surface area contributed by atoms with Crippen molar-refractivity contribution >= 4 is 28.3 Å². The van der Waals surface area contributed by atoms with Gasteiger partial charge in [-0.2, -0.15) is 0 Å². The maximum atomic E-state index is 10.7. The number of aliphatic hydroxyl groups is 1. The molecule has 8 nitrogen and oxygen atoms in total. The van der Waals surface area contributed by atoms with Crippen molar-refractivity contribution in [3.8, 4) is 0 Å². The molecular formula is C24H31N7O. The summed E-state index contributed by atoms with van der Waals surface area (Å²) >= 11 is 0. The number of nitrogens with zero attached hydrogens (tertiary/aromatic N) is 5. The Kier molecular flexibility index (Phi) is 5.73. The average molecular weight is 434 g/mol. The smallest absolute Gasteiger partial charge is 0.168 e. The molecule has 3 aromatic rings. The second-order valence-corrected chi connectivity index (χ2v) is 9.44. The van der Waals surface area contributed by atoms with Crippen LogP contribution in [0.1, 0.15) is 50.0 Å². The van der Waals surface area contributed by atoms with Gasteiger partial charge in [-0.1, -0.05) is 0 Å². The number of nitrogens with two attached hydrogens (primary N) is 1. The quantitative estimate of drug-likeness (QED) is 0.537. The van der Waals surface area contributed by atoms with Crippen LogP contribution in [0.15, 0.2) is 30.5 Å². The van der Waals surface area contributed by atoms with E-state index in [2.05, 4.69) is 45.9 Å². The van der Waals surface area contributed by atoms with Gasteiger partial charge in [-0.05, 0) is 65.3 Å². The van der Waals surface area contributed by atoms with Crippen LogP contribution in [0.5, 0.6) is 0 Å². The Bertz CT molecular complexity index is 1180. The van der Waals surface area contributed by atoms with Crippen LogP contribution in [0.3, 0.4) is 0 Å². The van der Waals surface area contributed by atoms with E-state index >= 15 is 0 Å². The number of nitrogens with one attached hydrogen (secondary N) is 1. The molecule has 32 heavy (non-hydrogen) atoms. The number of fused-ring (bicyclic) bond motifs is 1. The standard InChI is InChI=1S/C24H31N7O/c1-14-12-26-22(15(2)27-14)23(32)21(25)19-7-6-18-17(28-19)8-9-20(29-18)31-11-10-16(13-31)30-24(3,4)5/h6-9,12,16,30,32H,10-11,13,25H2,1-5H3/b23-21+. The highest BCUT2D eigenvalue weighted by Gasteiger charge is 2.26. The maximum Gasteiger partial charge on any atom is 0.168 e. The number of hydrogen-bond donors (Lipinski definition) is 3. The van der Waals surface area contributed by atoms with Gasteiger partial charge >= 0.3 is 0 Å². The largest absolute Gasteiger partial charge is 0.504 e. The summed E-state index contributed by atoms with van der Waals surface area (Å²) in [5, 5.41) is 14.3. The Morgan fingerprint density at radius 2 is 1.81 bits per heavy atom. The van der Waals surface area contributed by atoms with Crippen LogP contribution in [-0.2, 0) is 0 Å². The summed E-state index contributed by atoms with van der Waals surface area (Å²) in [6.45, 7) is 12.1. The van der Waals surface area contributed by atoms with Crippen molar-refractivity contribution in [2.75, 3.05) is 18.0 Å². The fourth-order valence-electron chi connectivity index (χ4n) is 4.10. The van der Waals surface area contributed by atoms with Crippen LogP contribution in [0, 0.1) is 13.8 Å². The van der Waals surface area contributed by atoms with Gasteiger partial charge in [-0.3, -0.25) is 4.98 Å². The van der Waals surface area contributed by atoms with E-state index < -0.39 is 0 Å². The molecule has 1 aliphatic rings. The SMILES string of the molecule is Cc1cnc(/C(O)=C(\N)c2ccc3nc(N4CCC(NC(C)(C)C)C4)ccc3n2)c(C)n1. The predicted octanol–water partition coefficient (Wildman–Crippen LogP) is 3.35. The van der Waals surface area contributed by atoms with Crippen LogP contribution < -0.4 is 16.0 Å². The number of aryl methyl sites for hydroxylation is 2. The minimum atomic E-state index is -0.124. The number of hydrogen-bond acceptors (Lipinski definition) is 8. The van der Waals surface area contributed by atoms with Crippen LogP contribution in [-0.4, -0.2) is 49.7 Å². The molecule has 4 N–H and O–H groups in total. The Balaban J connectivity index is 1.58. The number of pyridine rings is 2. The van der Waals surface area contributed by atoms with E-state index in [0.717, 1.165) is 42.1 Å². The Morgan fingerprint density at radius 1 is 1.09 bits per heavy atom.